The van der Waals surface area contributed by atoms with E-state index < -0.39 is 0 Å². The van der Waals surface area contributed by atoms with Gasteiger partial charge in [0.2, 0.25) is 0 Å². The number of hydrogen-bond acceptors (Lipinski definition) is 3. The first kappa shape index (κ1) is 13.3. The summed E-state index contributed by atoms with van der Waals surface area (Å²) < 4.78 is 19.5. The molecule has 1 N–H and O–H groups in total. The van der Waals surface area contributed by atoms with Crippen LogP contribution in [-0.4, -0.2) is 30.6 Å². The zero-order valence-electron chi connectivity index (χ0n) is 11.6. The zero-order chi connectivity index (χ0) is 13.9. The Morgan fingerprint density at radius 1 is 1.30 bits per heavy atom. The van der Waals surface area contributed by atoms with Gasteiger partial charge in [-0.15, -0.1) is 0 Å². The summed E-state index contributed by atoms with van der Waals surface area (Å²) in [6.45, 7) is 5.98. The molecule has 0 radical (unpaired) electrons. The van der Waals surface area contributed by atoms with E-state index in [-0.39, 0.29) is 5.82 Å². The molecule has 0 saturated carbocycles. The fourth-order valence-electron chi connectivity index (χ4n) is 2.64. The third-order valence-electron chi connectivity index (χ3n) is 3.63. The molecule has 1 aliphatic heterocycles. The standard InChI is InChI=1S/C16H19FN2O/c1-12-10-19(9-8-18-12)11-13-6-7-16(20-13)14-4-2-3-5-15(14)17/h2-7,12,18H,8-11H2,1H3/t12-/m0/s1. The van der Waals surface area contributed by atoms with Crippen LogP contribution in [0.1, 0.15) is 12.7 Å². The Bertz CT molecular complexity index is 581. The third kappa shape index (κ3) is 2.92. The van der Waals surface area contributed by atoms with E-state index in [9.17, 15) is 4.39 Å². The number of halogens is 1. The van der Waals surface area contributed by atoms with Crippen LogP contribution in [0.25, 0.3) is 11.3 Å². The van der Waals surface area contributed by atoms with E-state index in [0.717, 1.165) is 31.9 Å². The van der Waals surface area contributed by atoms with Gasteiger partial charge in [0, 0.05) is 25.7 Å². The van der Waals surface area contributed by atoms with Crippen molar-refractivity contribution in [3.63, 3.8) is 0 Å². The molecule has 20 heavy (non-hydrogen) atoms. The topological polar surface area (TPSA) is 28.4 Å². The molecule has 0 unspecified atom stereocenters. The van der Waals surface area contributed by atoms with Gasteiger partial charge >= 0.3 is 0 Å². The normalized spacial score (nSPS) is 20.2. The Kier molecular flexibility index (Phi) is 3.85. The molecule has 0 amide bonds. The van der Waals surface area contributed by atoms with Crippen LogP contribution in [0.3, 0.4) is 0 Å². The van der Waals surface area contributed by atoms with E-state index in [0.29, 0.717) is 17.4 Å². The Morgan fingerprint density at radius 3 is 2.95 bits per heavy atom. The van der Waals surface area contributed by atoms with Crippen molar-refractivity contribution in [1.82, 2.24) is 10.2 Å². The van der Waals surface area contributed by atoms with E-state index in [1.807, 2.05) is 18.2 Å². The molecule has 1 aromatic carbocycles. The molecule has 1 aliphatic rings. The van der Waals surface area contributed by atoms with Crippen LogP contribution < -0.4 is 5.32 Å². The van der Waals surface area contributed by atoms with E-state index >= 15 is 0 Å². The van der Waals surface area contributed by atoms with E-state index in [4.69, 9.17) is 4.42 Å². The van der Waals surface area contributed by atoms with Crippen molar-refractivity contribution < 1.29 is 8.81 Å². The average Bonchev–Trinajstić information content (AvgIpc) is 2.87. The van der Waals surface area contributed by atoms with Gasteiger partial charge in [-0.2, -0.15) is 0 Å². The quantitative estimate of drug-likeness (QED) is 0.933. The Morgan fingerprint density at radius 2 is 2.15 bits per heavy atom. The van der Waals surface area contributed by atoms with Crippen molar-refractivity contribution in [3.8, 4) is 11.3 Å². The number of rotatable bonds is 3. The van der Waals surface area contributed by atoms with Crippen LogP contribution >= 0.6 is 0 Å². The molecule has 1 atom stereocenters. The Labute approximate surface area is 118 Å². The number of furan rings is 1. The Hall–Kier alpha value is -1.65. The minimum atomic E-state index is -0.246. The van der Waals surface area contributed by atoms with Crippen LogP contribution in [0.4, 0.5) is 4.39 Å². The van der Waals surface area contributed by atoms with Crippen molar-refractivity contribution >= 4 is 0 Å². The summed E-state index contributed by atoms with van der Waals surface area (Å²) in [6, 6.07) is 11.0. The highest BCUT2D eigenvalue weighted by Gasteiger charge is 2.17. The molecule has 4 heteroatoms. The van der Waals surface area contributed by atoms with Crippen LogP contribution in [0.5, 0.6) is 0 Å². The molecule has 0 spiro atoms. The molecule has 0 aliphatic carbocycles. The lowest BCUT2D eigenvalue weighted by molar-refractivity contribution is 0.187. The maximum absolute atomic E-state index is 13.7. The number of piperazine rings is 1. The van der Waals surface area contributed by atoms with Crippen LogP contribution in [0, 0.1) is 5.82 Å². The summed E-state index contributed by atoms with van der Waals surface area (Å²) in [5.41, 5.74) is 0.521. The first-order valence-electron chi connectivity index (χ1n) is 7.02. The predicted octanol–water partition coefficient (Wildman–Crippen LogP) is 2.88. The zero-order valence-corrected chi connectivity index (χ0v) is 11.6. The van der Waals surface area contributed by atoms with Gasteiger partial charge in [-0.1, -0.05) is 12.1 Å². The maximum atomic E-state index is 13.7. The number of nitrogens with zero attached hydrogens (tertiary/aromatic N) is 1. The second-order valence-corrected chi connectivity index (χ2v) is 5.34. The summed E-state index contributed by atoms with van der Waals surface area (Å²) in [4.78, 5) is 2.35. The molecule has 3 rings (SSSR count). The average molecular weight is 274 g/mol. The molecule has 1 fully saturated rings. The van der Waals surface area contributed by atoms with E-state index in [1.165, 1.54) is 6.07 Å². The summed E-state index contributed by atoms with van der Waals surface area (Å²) >= 11 is 0. The fourth-order valence-corrected chi connectivity index (χ4v) is 2.64. The van der Waals surface area contributed by atoms with Crippen LogP contribution in [0.15, 0.2) is 40.8 Å². The third-order valence-corrected chi connectivity index (χ3v) is 3.63. The van der Waals surface area contributed by atoms with Crippen LogP contribution in [-0.2, 0) is 6.54 Å². The van der Waals surface area contributed by atoms with Crippen LogP contribution in [0.2, 0.25) is 0 Å². The highest BCUT2D eigenvalue weighted by Crippen LogP contribution is 2.25. The monoisotopic (exact) mass is 274 g/mol. The van der Waals surface area contributed by atoms with Gasteiger partial charge in [0.15, 0.2) is 0 Å². The lowest BCUT2D eigenvalue weighted by Gasteiger charge is -2.31. The molecule has 106 valence electrons. The van der Waals surface area contributed by atoms with Crippen molar-refractivity contribution in [3.05, 3.63) is 48.0 Å². The summed E-state index contributed by atoms with van der Waals surface area (Å²) in [5.74, 6) is 1.24. The van der Waals surface area contributed by atoms with Crippen molar-refractivity contribution in [2.45, 2.75) is 19.5 Å². The minimum Gasteiger partial charge on any atom is -0.460 e. The summed E-state index contributed by atoms with van der Waals surface area (Å²) in [5, 5.41) is 3.41. The predicted molar refractivity (Wildman–Crippen MR) is 76.8 cm³/mol. The molecule has 0 bridgehead atoms. The van der Waals surface area contributed by atoms with E-state index in [2.05, 4.69) is 17.1 Å². The van der Waals surface area contributed by atoms with Crippen molar-refractivity contribution in [2.24, 2.45) is 0 Å². The number of benzene rings is 1. The molecule has 1 saturated heterocycles. The molecule has 2 aromatic rings. The molecular formula is C16H19FN2O. The fraction of sp³-hybridized carbons (Fsp3) is 0.375. The lowest BCUT2D eigenvalue weighted by atomic mass is 10.1. The first-order chi connectivity index (χ1) is 9.72. The maximum Gasteiger partial charge on any atom is 0.137 e. The summed E-state index contributed by atoms with van der Waals surface area (Å²) in [6.07, 6.45) is 0. The second kappa shape index (κ2) is 5.77. The van der Waals surface area contributed by atoms with Gasteiger partial charge in [-0.3, -0.25) is 4.90 Å². The summed E-state index contributed by atoms with van der Waals surface area (Å²) in [7, 11) is 0. The SMILES string of the molecule is C[C@H]1CN(Cc2ccc(-c3ccccc3F)o2)CCN1. The van der Waals surface area contributed by atoms with Gasteiger partial charge in [0.1, 0.15) is 17.3 Å². The molecule has 2 heterocycles. The lowest BCUT2D eigenvalue weighted by Crippen LogP contribution is -2.48. The molecule has 1 aromatic heterocycles. The highest BCUT2D eigenvalue weighted by atomic mass is 19.1. The van der Waals surface area contributed by atoms with Gasteiger partial charge < -0.3 is 9.73 Å². The van der Waals surface area contributed by atoms with Gasteiger partial charge in [-0.05, 0) is 31.2 Å². The second-order valence-electron chi connectivity index (χ2n) is 5.34. The number of hydrogen-bond donors (Lipinski definition) is 1. The minimum absolute atomic E-state index is 0.246. The first-order valence-corrected chi connectivity index (χ1v) is 7.02. The number of nitrogens with one attached hydrogen (secondary N) is 1. The molecule has 3 nitrogen and oxygen atoms in total. The van der Waals surface area contributed by atoms with E-state index in [1.54, 1.807) is 12.1 Å². The van der Waals surface area contributed by atoms with Crippen molar-refractivity contribution in [1.29, 1.82) is 0 Å². The molecular weight excluding hydrogens is 255 g/mol. The van der Waals surface area contributed by atoms with Gasteiger partial charge in [-0.25, -0.2) is 4.39 Å². The largest absolute Gasteiger partial charge is 0.460 e. The highest BCUT2D eigenvalue weighted by molar-refractivity contribution is 5.58. The Balaban J connectivity index is 1.72. The van der Waals surface area contributed by atoms with Gasteiger partial charge in [0.25, 0.3) is 0 Å². The van der Waals surface area contributed by atoms with Crippen molar-refractivity contribution in [2.75, 3.05) is 19.6 Å². The smallest absolute Gasteiger partial charge is 0.137 e. The van der Waals surface area contributed by atoms with Gasteiger partial charge in [0.05, 0.1) is 12.1 Å².